The van der Waals surface area contributed by atoms with E-state index in [2.05, 4.69) is 32.4 Å². The highest BCUT2D eigenvalue weighted by atomic mass is 127. The van der Waals surface area contributed by atoms with E-state index in [-0.39, 0.29) is 24.0 Å². The molecule has 26 heavy (non-hydrogen) atoms. The van der Waals surface area contributed by atoms with Crippen LogP contribution in [0, 0.1) is 5.92 Å². The fourth-order valence-electron chi connectivity index (χ4n) is 3.49. The van der Waals surface area contributed by atoms with Crippen LogP contribution in [-0.4, -0.2) is 61.8 Å². The van der Waals surface area contributed by atoms with Gasteiger partial charge in [-0.15, -0.1) is 35.3 Å². The Morgan fingerprint density at radius 3 is 2.81 bits per heavy atom. The van der Waals surface area contributed by atoms with Gasteiger partial charge in [-0.25, -0.2) is 4.98 Å². The number of likely N-dealkylation sites (tertiary alicyclic amines) is 1. The molecule has 1 aromatic heterocycles. The van der Waals surface area contributed by atoms with Crippen molar-refractivity contribution in [1.82, 2.24) is 20.5 Å². The Morgan fingerprint density at radius 1 is 1.38 bits per heavy atom. The average molecular weight is 493 g/mol. The molecule has 0 saturated carbocycles. The number of piperidine rings is 1. The molecule has 2 aliphatic rings. The molecular formula is C18H32IN5OS. The molecule has 0 aromatic carbocycles. The number of aliphatic imine (C=N–C) groups is 1. The summed E-state index contributed by atoms with van der Waals surface area (Å²) in [7, 11) is 1.84. The number of aryl methyl sites for hydroxylation is 1. The molecule has 0 aliphatic carbocycles. The summed E-state index contributed by atoms with van der Waals surface area (Å²) < 4.78 is 5.49. The number of ether oxygens (including phenoxy) is 1. The summed E-state index contributed by atoms with van der Waals surface area (Å²) in [4.78, 5) is 12.7. The average Bonchev–Trinajstić information content (AvgIpc) is 3.31. The Labute approximate surface area is 178 Å². The monoisotopic (exact) mass is 493 g/mol. The van der Waals surface area contributed by atoms with Gasteiger partial charge in [0.15, 0.2) is 5.96 Å². The second-order valence-electron chi connectivity index (χ2n) is 6.95. The summed E-state index contributed by atoms with van der Waals surface area (Å²) in [6.07, 6.45) is 6.60. The molecule has 0 radical (unpaired) electrons. The molecule has 1 unspecified atom stereocenters. The first-order valence-electron chi connectivity index (χ1n) is 9.47. The topological polar surface area (TPSA) is 61.8 Å². The minimum atomic E-state index is 0. The van der Waals surface area contributed by atoms with Gasteiger partial charge in [0, 0.05) is 50.4 Å². The Bertz CT molecular complexity index is 554. The lowest BCUT2D eigenvalue weighted by Gasteiger charge is -2.34. The van der Waals surface area contributed by atoms with E-state index in [0.29, 0.717) is 6.04 Å². The van der Waals surface area contributed by atoms with Crippen molar-refractivity contribution in [2.75, 3.05) is 39.9 Å². The summed E-state index contributed by atoms with van der Waals surface area (Å²) in [5.74, 6) is 1.63. The number of nitrogens with zero attached hydrogens (tertiary/aromatic N) is 3. The molecule has 3 rings (SSSR count). The van der Waals surface area contributed by atoms with Crippen molar-refractivity contribution in [2.45, 2.75) is 45.2 Å². The molecule has 6 nitrogen and oxygen atoms in total. The Kier molecular flexibility index (Phi) is 9.58. The maximum atomic E-state index is 5.49. The van der Waals surface area contributed by atoms with Gasteiger partial charge in [-0.1, -0.05) is 6.92 Å². The molecule has 8 heteroatoms. The number of halogens is 1. The Morgan fingerprint density at radius 2 is 2.19 bits per heavy atom. The second kappa shape index (κ2) is 11.4. The van der Waals surface area contributed by atoms with Crippen molar-refractivity contribution in [2.24, 2.45) is 10.9 Å². The third-order valence-corrected chi connectivity index (χ3v) is 6.19. The lowest BCUT2D eigenvalue weighted by Crippen LogP contribution is -2.49. The first-order chi connectivity index (χ1) is 12.3. The van der Waals surface area contributed by atoms with Gasteiger partial charge < -0.3 is 20.3 Å². The molecular weight excluding hydrogens is 461 g/mol. The van der Waals surface area contributed by atoms with E-state index in [4.69, 9.17) is 4.74 Å². The van der Waals surface area contributed by atoms with Crippen LogP contribution in [0.5, 0.6) is 0 Å². The maximum absolute atomic E-state index is 5.49. The molecule has 1 aromatic rings. The SMILES string of the molecule is CCc1cnc(CNC(=NC)NC2CCN(CC3CCOC3)CC2)s1.I. The van der Waals surface area contributed by atoms with Gasteiger partial charge in [0.05, 0.1) is 13.2 Å². The van der Waals surface area contributed by atoms with E-state index in [1.807, 2.05) is 13.2 Å². The number of hydrogen-bond donors (Lipinski definition) is 2. The van der Waals surface area contributed by atoms with Gasteiger partial charge in [0.2, 0.25) is 0 Å². The lowest BCUT2D eigenvalue weighted by atomic mass is 10.0. The van der Waals surface area contributed by atoms with Gasteiger partial charge in [-0.3, -0.25) is 4.99 Å². The van der Waals surface area contributed by atoms with Crippen LogP contribution in [-0.2, 0) is 17.7 Å². The van der Waals surface area contributed by atoms with Gasteiger partial charge in [0.25, 0.3) is 0 Å². The van der Waals surface area contributed by atoms with Crippen molar-refractivity contribution < 1.29 is 4.74 Å². The first-order valence-corrected chi connectivity index (χ1v) is 10.3. The third-order valence-electron chi connectivity index (χ3n) is 5.05. The van der Waals surface area contributed by atoms with Crippen molar-refractivity contribution in [3.63, 3.8) is 0 Å². The zero-order valence-electron chi connectivity index (χ0n) is 15.9. The molecule has 3 heterocycles. The fourth-order valence-corrected chi connectivity index (χ4v) is 4.30. The fraction of sp³-hybridized carbons (Fsp3) is 0.778. The molecule has 2 aliphatic heterocycles. The van der Waals surface area contributed by atoms with E-state index < -0.39 is 0 Å². The predicted octanol–water partition coefficient (Wildman–Crippen LogP) is 2.49. The van der Waals surface area contributed by atoms with E-state index in [9.17, 15) is 0 Å². The normalized spacial score (nSPS) is 22.2. The predicted molar refractivity (Wildman–Crippen MR) is 119 cm³/mol. The zero-order valence-corrected chi connectivity index (χ0v) is 19.0. The molecule has 1 atom stereocenters. The van der Waals surface area contributed by atoms with E-state index in [1.165, 1.54) is 30.7 Å². The van der Waals surface area contributed by atoms with Crippen LogP contribution >= 0.6 is 35.3 Å². The van der Waals surface area contributed by atoms with Gasteiger partial charge >= 0.3 is 0 Å². The minimum absolute atomic E-state index is 0. The molecule has 2 saturated heterocycles. The van der Waals surface area contributed by atoms with Crippen LogP contribution in [0.4, 0.5) is 0 Å². The smallest absolute Gasteiger partial charge is 0.191 e. The second-order valence-corrected chi connectivity index (χ2v) is 8.15. The summed E-state index contributed by atoms with van der Waals surface area (Å²) in [5.41, 5.74) is 0. The van der Waals surface area contributed by atoms with Gasteiger partial charge in [0.1, 0.15) is 5.01 Å². The highest BCUT2D eigenvalue weighted by Crippen LogP contribution is 2.18. The quantitative estimate of drug-likeness (QED) is 0.362. The third kappa shape index (κ3) is 6.61. The minimum Gasteiger partial charge on any atom is -0.381 e. The van der Waals surface area contributed by atoms with Crippen LogP contribution in [0.3, 0.4) is 0 Å². The summed E-state index contributed by atoms with van der Waals surface area (Å²) >= 11 is 1.77. The molecule has 148 valence electrons. The maximum Gasteiger partial charge on any atom is 0.191 e. The number of thiazole rings is 1. The molecule has 0 bridgehead atoms. The van der Waals surface area contributed by atoms with Gasteiger partial charge in [-0.2, -0.15) is 0 Å². The largest absolute Gasteiger partial charge is 0.381 e. The molecule has 0 amide bonds. The highest BCUT2D eigenvalue weighted by Gasteiger charge is 2.24. The number of aromatic nitrogens is 1. The van der Waals surface area contributed by atoms with Crippen LogP contribution in [0.25, 0.3) is 0 Å². The van der Waals surface area contributed by atoms with E-state index >= 15 is 0 Å². The van der Waals surface area contributed by atoms with Crippen molar-refractivity contribution >= 4 is 41.3 Å². The number of nitrogens with one attached hydrogen (secondary N) is 2. The number of rotatable bonds is 6. The lowest BCUT2D eigenvalue weighted by molar-refractivity contribution is 0.150. The standard InChI is InChI=1S/C18H31N5OS.HI/c1-3-16-10-20-17(25-16)11-21-18(19-2)22-15-4-7-23(8-5-15)12-14-6-9-24-13-14;/h10,14-15H,3-9,11-13H2,1-2H3,(H2,19,21,22);1H. The molecule has 2 fully saturated rings. The Hall–Kier alpha value is -0.450. The van der Waals surface area contributed by atoms with Crippen LogP contribution in [0.15, 0.2) is 11.2 Å². The van der Waals surface area contributed by atoms with E-state index in [0.717, 1.165) is 56.2 Å². The van der Waals surface area contributed by atoms with E-state index in [1.54, 1.807) is 11.3 Å². The van der Waals surface area contributed by atoms with Crippen molar-refractivity contribution in [3.05, 3.63) is 16.1 Å². The summed E-state index contributed by atoms with van der Waals surface area (Å²) in [5, 5.41) is 8.09. The molecule has 0 spiro atoms. The van der Waals surface area contributed by atoms with Gasteiger partial charge in [-0.05, 0) is 31.6 Å². The summed E-state index contributed by atoms with van der Waals surface area (Å²) in [6, 6.07) is 0.504. The first kappa shape index (κ1) is 21.8. The number of guanidine groups is 1. The zero-order chi connectivity index (χ0) is 17.5. The Balaban J connectivity index is 0.00000243. The van der Waals surface area contributed by atoms with Crippen molar-refractivity contribution in [3.8, 4) is 0 Å². The molecule has 2 N–H and O–H groups in total. The summed E-state index contributed by atoms with van der Waals surface area (Å²) in [6.45, 7) is 8.33. The van der Waals surface area contributed by atoms with Crippen LogP contribution in [0.2, 0.25) is 0 Å². The van der Waals surface area contributed by atoms with Crippen molar-refractivity contribution in [1.29, 1.82) is 0 Å². The van der Waals surface area contributed by atoms with Crippen LogP contribution in [0.1, 0.15) is 36.1 Å². The number of hydrogen-bond acceptors (Lipinski definition) is 5. The van der Waals surface area contributed by atoms with Crippen LogP contribution < -0.4 is 10.6 Å². The highest BCUT2D eigenvalue weighted by molar-refractivity contribution is 14.0.